The highest BCUT2D eigenvalue weighted by Gasteiger charge is 2.07. The second kappa shape index (κ2) is 3.97. The molecule has 0 spiro atoms. The average Bonchev–Trinajstić information content (AvgIpc) is 2.24. The normalized spacial score (nSPS) is 10.9. The Morgan fingerprint density at radius 1 is 1.33 bits per heavy atom. The van der Waals surface area contributed by atoms with E-state index in [0.29, 0.717) is 15.7 Å². The lowest BCUT2D eigenvalue weighted by Gasteiger charge is -2.06. The van der Waals surface area contributed by atoms with E-state index in [1.165, 1.54) is 0 Å². The first-order chi connectivity index (χ1) is 7.13. The van der Waals surface area contributed by atoms with Crippen molar-refractivity contribution in [2.45, 2.75) is 13.5 Å². The summed E-state index contributed by atoms with van der Waals surface area (Å²) in [6, 6.07) is 5.51. The van der Waals surface area contributed by atoms with Gasteiger partial charge in [-0.05, 0) is 24.6 Å². The summed E-state index contributed by atoms with van der Waals surface area (Å²) in [5.41, 5.74) is 2.32. The van der Waals surface area contributed by atoms with E-state index in [2.05, 4.69) is 4.98 Å². The molecular formula is C11H9Cl2NO. The Morgan fingerprint density at radius 2 is 2.07 bits per heavy atom. The van der Waals surface area contributed by atoms with Crippen LogP contribution in [0.25, 0.3) is 10.9 Å². The maximum Gasteiger partial charge on any atom is 0.135 e. The molecule has 1 N–H and O–H groups in total. The zero-order valence-corrected chi connectivity index (χ0v) is 9.60. The van der Waals surface area contributed by atoms with Crippen LogP contribution in [0.5, 0.6) is 0 Å². The average molecular weight is 242 g/mol. The van der Waals surface area contributed by atoms with E-state index < -0.39 is 0 Å². The fourth-order valence-electron chi connectivity index (χ4n) is 1.49. The number of nitrogens with zero attached hydrogens (tertiary/aromatic N) is 1. The number of aryl methyl sites for hydroxylation is 1. The van der Waals surface area contributed by atoms with Crippen molar-refractivity contribution < 1.29 is 5.11 Å². The molecule has 0 bridgehead atoms. The van der Waals surface area contributed by atoms with Crippen LogP contribution in [0.4, 0.5) is 0 Å². The fraction of sp³-hybridized carbons (Fsp3) is 0.182. The first kappa shape index (κ1) is 10.7. The van der Waals surface area contributed by atoms with E-state index >= 15 is 0 Å². The Hall–Kier alpha value is -0.830. The number of hydrogen-bond donors (Lipinski definition) is 1. The Bertz CT molecular complexity index is 525. The Kier molecular flexibility index (Phi) is 2.83. The van der Waals surface area contributed by atoms with Gasteiger partial charge >= 0.3 is 0 Å². The summed E-state index contributed by atoms with van der Waals surface area (Å²) in [5.74, 6) is 0. The lowest BCUT2D eigenvalue weighted by Crippen LogP contribution is -1.92. The fourth-order valence-corrected chi connectivity index (χ4v) is 1.84. The quantitative estimate of drug-likeness (QED) is 0.778. The number of benzene rings is 1. The second-order valence-electron chi connectivity index (χ2n) is 3.34. The van der Waals surface area contributed by atoms with Crippen LogP contribution in [-0.4, -0.2) is 10.1 Å². The SMILES string of the molecule is Cc1c(Cl)ccc2cc(CO)c(Cl)nc12. The van der Waals surface area contributed by atoms with Crippen LogP contribution >= 0.6 is 23.2 Å². The summed E-state index contributed by atoms with van der Waals surface area (Å²) in [4.78, 5) is 4.23. The number of rotatable bonds is 1. The number of aliphatic hydroxyl groups is 1. The zero-order chi connectivity index (χ0) is 11.0. The molecule has 0 aliphatic heterocycles. The van der Waals surface area contributed by atoms with E-state index in [0.717, 1.165) is 16.5 Å². The third kappa shape index (κ3) is 1.81. The minimum atomic E-state index is -0.108. The van der Waals surface area contributed by atoms with Gasteiger partial charge in [0, 0.05) is 16.0 Å². The molecule has 1 aromatic carbocycles. The minimum absolute atomic E-state index is 0.108. The molecule has 0 aliphatic rings. The van der Waals surface area contributed by atoms with Gasteiger partial charge in [-0.3, -0.25) is 0 Å². The van der Waals surface area contributed by atoms with Gasteiger partial charge in [-0.15, -0.1) is 0 Å². The second-order valence-corrected chi connectivity index (χ2v) is 4.11. The summed E-state index contributed by atoms with van der Waals surface area (Å²) in [5, 5.41) is 11.0. The molecule has 0 saturated heterocycles. The maximum absolute atomic E-state index is 9.05. The Morgan fingerprint density at radius 3 is 2.73 bits per heavy atom. The lowest BCUT2D eigenvalue weighted by molar-refractivity contribution is 0.281. The Balaban J connectivity index is 2.81. The topological polar surface area (TPSA) is 33.1 Å². The molecular weight excluding hydrogens is 233 g/mol. The van der Waals surface area contributed by atoms with Crippen molar-refractivity contribution in [3.05, 3.63) is 39.5 Å². The van der Waals surface area contributed by atoms with Crippen molar-refractivity contribution >= 4 is 34.1 Å². The molecule has 0 aliphatic carbocycles. The third-order valence-electron chi connectivity index (χ3n) is 2.37. The first-order valence-corrected chi connectivity index (χ1v) is 5.24. The molecule has 0 amide bonds. The molecule has 0 fully saturated rings. The van der Waals surface area contributed by atoms with Crippen molar-refractivity contribution in [3.63, 3.8) is 0 Å². The summed E-state index contributed by atoms with van der Waals surface area (Å²) in [7, 11) is 0. The summed E-state index contributed by atoms with van der Waals surface area (Å²) in [6.45, 7) is 1.79. The molecule has 2 rings (SSSR count). The van der Waals surface area contributed by atoms with Gasteiger partial charge in [0.2, 0.25) is 0 Å². The van der Waals surface area contributed by atoms with Crippen molar-refractivity contribution in [3.8, 4) is 0 Å². The molecule has 15 heavy (non-hydrogen) atoms. The minimum Gasteiger partial charge on any atom is -0.392 e. The predicted octanol–water partition coefficient (Wildman–Crippen LogP) is 3.34. The lowest BCUT2D eigenvalue weighted by atomic mass is 10.1. The largest absolute Gasteiger partial charge is 0.392 e. The number of halogens is 2. The van der Waals surface area contributed by atoms with Crippen LogP contribution < -0.4 is 0 Å². The molecule has 0 atom stereocenters. The first-order valence-electron chi connectivity index (χ1n) is 4.48. The number of hydrogen-bond acceptors (Lipinski definition) is 2. The van der Waals surface area contributed by atoms with Gasteiger partial charge in [0.25, 0.3) is 0 Å². The monoisotopic (exact) mass is 241 g/mol. The maximum atomic E-state index is 9.05. The van der Waals surface area contributed by atoms with Gasteiger partial charge in [0.1, 0.15) is 5.15 Å². The van der Waals surface area contributed by atoms with E-state index in [9.17, 15) is 0 Å². The molecule has 1 aromatic heterocycles. The van der Waals surface area contributed by atoms with Gasteiger partial charge in [-0.2, -0.15) is 0 Å². The molecule has 0 radical (unpaired) electrons. The van der Waals surface area contributed by atoms with Gasteiger partial charge in [0.15, 0.2) is 0 Å². The highest BCUT2D eigenvalue weighted by molar-refractivity contribution is 6.32. The van der Waals surface area contributed by atoms with Crippen LogP contribution in [0.2, 0.25) is 10.2 Å². The molecule has 0 unspecified atom stereocenters. The molecule has 0 saturated carbocycles. The van der Waals surface area contributed by atoms with Crippen molar-refractivity contribution in [2.75, 3.05) is 0 Å². The van der Waals surface area contributed by atoms with Crippen molar-refractivity contribution in [2.24, 2.45) is 0 Å². The number of aromatic nitrogens is 1. The van der Waals surface area contributed by atoms with E-state index in [1.54, 1.807) is 0 Å². The Labute approximate surface area is 97.5 Å². The van der Waals surface area contributed by atoms with Crippen LogP contribution in [-0.2, 0) is 6.61 Å². The van der Waals surface area contributed by atoms with E-state index in [1.807, 2.05) is 25.1 Å². The summed E-state index contributed by atoms with van der Waals surface area (Å²) >= 11 is 11.9. The molecule has 2 aromatic rings. The molecule has 1 heterocycles. The van der Waals surface area contributed by atoms with Gasteiger partial charge in [-0.25, -0.2) is 4.98 Å². The molecule has 4 heteroatoms. The van der Waals surface area contributed by atoms with E-state index in [-0.39, 0.29) is 6.61 Å². The summed E-state index contributed by atoms with van der Waals surface area (Å²) < 4.78 is 0. The number of aliphatic hydroxyl groups excluding tert-OH is 1. The summed E-state index contributed by atoms with van der Waals surface area (Å²) in [6.07, 6.45) is 0. The van der Waals surface area contributed by atoms with Crippen LogP contribution in [0.15, 0.2) is 18.2 Å². The number of pyridine rings is 1. The highest BCUT2D eigenvalue weighted by atomic mass is 35.5. The molecule has 2 nitrogen and oxygen atoms in total. The standard InChI is InChI=1S/C11H9Cl2NO/c1-6-9(12)3-2-7-4-8(5-15)11(13)14-10(6)7/h2-4,15H,5H2,1H3. The number of fused-ring (bicyclic) bond motifs is 1. The van der Waals surface area contributed by atoms with Crippen LogP contribution in [0.3, 0.4) is 0 Å². The van der Waals surface area contributed by atoms with Gasteiger partial charge in [0.05, 0.1) is 12.1 Å². The predicted molar refractivity (Wildman–Crippen MR) is 62.4 cm³/mol. The van der Waals surface area contributed by atoms with Crippen LogP contribution in [0.1, 0.15) is 11.1 Å². The van der Waals surface area contributed by atoms with E-state index in [4.69, 9.17) is 28.3 Å². The van der Waals surface area contributed by atoms with Gasteiger partial charge < -0.3 is 5.11 Å². The van der Waals surface area contributed by atoms with Crippen LogP contribution in [0, 0.1) is 6.92 Å². The van der Waals surface area contributed by atoms with Gasteiger partial charge in [-0.1, -0.05) is 29.3 Å². The van der Waals surface area contributed by atoms with Crippen molar-refractivity contribution in [1.29, 1.82) is 0 Å². The van der Waals surface area contributed by atoms with Crippen molar-refractivity contribution in [1.82, 2.24) is 4.98 Å². The smallest absolute Gasteiger partial charge is 0.135 e. The highest BCUT2D eigenvalue weighted by Crippen LogP contribution is 2.27. The third-order valence-corrected chi connectivity index (χ3v) is 3.11. The zero-order valence-electron chi connectivity index (χ0n) is 8.09. The molecule has 78 valence electrons.